The summed E-state index contributed by atoms with van der Waals surface area (Å²) in [6.07, 6.45) is 5.14. The van der Waals surface area contributed by atoms with Crippen LogP contribution in [0, 0.1) is 23.1 Å². The van der Waals surface area contributed by atoms with Gasteiger partial charge in [0.1, 0.15) is 17.9 Å². The summed E-state index contributed by atoms with van der Waals surface area (Å²) in [5.41, 5.74) is -0.555. The van der Waals surface area contributed by atoms with Crippen LogP contribution in [0.4, 0.5) is 23.7 Å². The first-order valence-electron chi connectivity index (χ1n) is 17.2. The lowest BCUT2D eigenvalue weighted by Crippen LogP contribution is -2.57. The van der Waals surface area contributed by atoms with Crippen molar-refractivity contribution < 1.29 is 32.3 Å². The molecular formula is C36H44F3N7O4. The Morgan fingerprint density at radius 1 is 0.940 bits per heavy atom. The van der Waals surface area contributed by atoms with Crippen LogP contribution in [0.15, 0.2) is 42.5 Å². The molecule has 0 unspecified atom stereocenters. The summed E-state index contributed by atoms with van der Waals surface area (Å²) >= 11 is 0. The van der Waals surface area contributed by atoms with Gasteiger partial charge >= 0.3 is 12.0 Å². The number of halogens is 3. The van der Waals surface area contributed by atoms with Crippen LogP contribution in [0.25, 0.3) is 0 Å². The molecule has 4 N–H and O–H groups in total. The summed E-state index contributed by atoms with van der Waals surface area (Å²) in [5, 5.41) is 19.5. The number of benzene rings is 2. The molecule has 1 heterocycles. The van der Waals surface area contributed by atoms with Gasteiger partial charge < -0.3 is 31.1 Å². The Bertz CT molecular complexity index is 1610. The summed E-state index contributed by atoms with van der Waals surface area (Å²) in [6, 6.07) is 7.58. The van der Waals surface area contributed by atoms with Crippen molar-refractivity contribution in [2.75, 3.05) is 38.5 Å². The zero-order valence-corrected chi connectivity index (χ0v) is 28.3. The highest BCUT2D eigenvalue weighted by atomic mass is 19.3. The first-order chi connectivity index (χ1) is 23.9. The number of hydrogen-bond acceptors (Lipinski definition) is 6. The lowest BCUT2D eigenvalue weighted by Gasteiger charge is -2.36. The monoisotopic (exact) mass is 695 g/mol. The fraction of sp³-hybridized carbons (Fsp3) is 0.528. The third kappa shape index (κ3) is 8.93. The molecule has 0 aromatic heterocycles. The summed E-state index contributed by atoms with van der Waals surface area (Å²) in [4.78, 5) is 56.8. The maximum absolute atomic E-state index is 15.7. The average Bonchev–Trinajstić information content (AvgIpc) is 3.94. The van der Waals surface area contributed by atoms with Crippen molar-refractivity contribution in [3.8, 4) is 6.07 Å². The summed E-state index contributed by atoms with van der Waals surface area (Å²) in [7, 11) is 1.96. The minimum atomic E-state index is -4.04. The summed E-state index contributed by atoms with van der Waals surface area (Å²) in [5.74, 6) is -8.79. The predicted molar refractivity (Wildman–Crippen MR) is 180 cm³/mol. The molecular weight excluding hydrogens is 651 g/mol. The van der Waals surface area contributed by atoms with Gasteiger partial charge in [0.15, 0.2) is 0 Å². The topological polar surface area (TPSA) is 147 Å². The fourth-order valence-electron chi connectivity index (χ4n) is 6.55. The molecule has 2 saturated carbocycles. The molecule has 1 aliphatic heterocycles. The average molecular weight is 696 g/mol. The summed E-state index contributed by atoms with van der Waals surface area (Å²) in [6.45, 7) is 4.04. The molecule has 1 saturated heterocycles. The van der Waals surface area contributed by atoms with Gasteiger partial charge in [-0.3, -0.25) is 14.4 Å². The van der Waals surface area contributed by atoms with Gasteiger partial charge in [-0.05, 0) is 68.5 Å². The Morgan fingerprint density at radius 2 is 1.64 bits per heavy atom. The third-order valence-corrected chi connectivity index (χ3v) is 9.89. The van der Waals surface area contributed by atoms with E-state index in [9.17, 15) is 19.2 Å². The molecule has 5 rings (SSSR count). The SMILES string of the molecule is C[C@@H](c1ccc(NC(=O)[C@@H](NC(=O)C(F)(F)c2cccc(C#N)c2)C2CCCCC2)c(F)c1)[C@@H](NC(=O)NC1CC1)C(=O)N1CCN(C)CC1. The van der Waals surface area contributed by atoms with Gasteiger partial charge in [-0.15, -0.1) is 0 Å². The Kier molecular flexibility index (Phi) is 11.7. The number of carbonyl (C=O) groups excluding carboxylic acids is 4. The minimum absolute atomic E-state index is 0.0443. The molecule has 2 aromatic carbocycles. The molecule has 14 heteroatoms. The number of urea groups is 1. The number of carbonyl (C=O) groups is 4. The van der Waals surface area contributed by atoms with Crippen molar-refractivity contribution >= 4 is 29.4 Å². The molecule has 0 spiro atoms. The number of nitrogens with zero attached hydrogens (tertiary/aromatic N) is 3. The van der Waals surface area contributed by atoms with Gasteiger partial charge in [0.05, 0.1) is 17.3 Å². The van der Waals surface area contributed by atoms with Gasteiger partial charge in [-0.2, -0.15) is 14.0 Å². The maximum Gasteiger partial charge on any atom is 0.349 e. The van der Waals surface area contributed by atoms with E-state index in [2.05, 4.69) is 26.2 Å². The normalized spacial score (nSPS) is 19.0. The molecule has 2 aliphatic carbocycles. The smallest absolute Gasteiger partial charge is 0.338 e. The Morgan fingerprint density at radius 3 is 2.28 bits per heavy atom. The zero-order chi connectivity index (χ0) is 36.0. The standard InChI is InChI=1S/C36H44F3N7O4/c1-22(30(44-35(50)41-27-12-13-27)33(48)46-17-15-45(2)16-18-46)25-11-14-29(28(37)20-25)42-32(47)31(24-8-4-3-5-9-24)43-34(49)36(38,39)26-10-6-7-23(19-26)21-40/h6-7,10-11,14,19-20,22,24,27,30-31H,3-5,8-9,12-13,15-18H2,1-2H3,(H,42,47)(H,43,49)(H2,41,44,50)/t22-,30+,31-/m0/s1. The summed E-state index contributed by atoms with van der Waals surface area (Å²) < 4.78 is 46.3. The Hall–Kier alpha value is -4.64. The number of nitriles is 1. The van der Waals surface area contributed by atoms with Crippen molar-refractivity contribution in [2.45, 2.75) is 81.8 Å². The number of rotatable bonds is 11. The number of hydrogen-bond donors (Lipinski definition) is 4. The molecule has 0 radical (unpaired) electrons. The fourth-order valence-corrected chi connectivity index (χ4v) is 6.55. The van der Waals surface area contributed by atoms with E-state index in [-0.39, 0.29) is 23.2 Å². The van der Waals surface area contributed by atoms with Gasteiger partial charge in [-0.25, -0.2) is 9.18 Å². The first kappa shape index (κ1) is 36.6. The molecule has 5 amide bonds. The molecule has 50 heavy (non-hydrogen) atoms. The van der Waals surface area contributed by atoms with Crippen molar-refractivity contribution in [3.63, 3.8) is 0 Å². The van der Waals surface area contributed by atoms with Crippen LogP contribution in [0.1, 0.15) is 74.5 Å². The zero-order valence-electron chi connectivity index (χ0n) is 28.3. The number of anilines is 1. The molecule has 268 valence electrons. The minimum Gasteiger partial charge on any atom is -0.338 e. The van der Waals surface area contributed by atoms with Crippen molar-refractivity contribution in [1.82, 2.24) is 25.8 Å². The van der Waals surface area contributed by atoms with E-state index < -0.39 is 59.1 Å². The Labute approximate surface area is 289 Å². The van der Waals surface area contributed by atoms with Gasteiger partial charge in [0, 0.05) is 43.7 Å². The molecule has 3 atom stereocenters. The number of amides is 5. The van der Waals surface area contributed by atoms with E-state index in [1.54, 1.807) is 24.0 Å². The lowest BCUT2D eigenvalue weighted by molar-refractivity contribution is -0.149. The van der Waals surface area contributed by atoms with E-state index in [0.717, 1.165) is 44.2 Å². The predicted octanol–water partition coefficient (Wildman–Crippen LogP) is 4.20. The molecule has 2 aromatic rings. The van der Waals surface area contributed by atoms with Crippen LogP contribution < -0.4 is 21.3 Å². The van der Waals surface area contributed by atoms with Crippen LogP contribution in [0.3, 0.4) is 0 Å². The second kappa shape index (κ2) is 15.9. The first-order valence-corrected chi connectivity index (χ1v) is 17.2. The molecule has 11 nitrogen and oxygen atoms in total. The highest BCUT2D eigenvalue weighted by Crippen LogP contribution is 2.32. The molecule has 3 aliphatic rings. The van der Waals surface area contributed by atoms with Crippen LogP contribution >= 0.6 is 0 Å². The van der Waals surface area contributed by atoms with Crippen molar-refractivity contribution in [1.29, 1.82) is 5.26 Å². The van der Waals surface area contributed by atoms with Crippen LogP contribution in [-0.2, 0) is 20.3 Å². The largest absolute Gasteiger partial charge is 0.349 e. The third-order valence-electron chi connectivity index (χ3n) is 9.89. The van der Waals surface area contributed by atoms with Gasteiger partial charge in [-0.1, -0.05) is 44.4 Å². The van der Waals surface area contributed by atoms with Crippen molar-refractivity contribution in [3.05, 3.63) is 65.0 Å². The van der Waals surface area contributed by atoms with E-state index in [1.807, 2.05) is 7.05 Å². The lowest BCUT2D eigenvalue weighted by atomic mass is 9.83. The molecule has 3 fully saturated rings. The number of likely N-dealkylation sites (N-methyl/N-ethyl adjacent to an activating group) is 1. The molecule has 0 bridgehead atoms. The maximum atomic E-state index is 15.7. The number of nitrogens with one attached hydrogen (secondary N) is 4. The second-order valence-corrected chi connectivity index (χ2v) is 13.6. The highest BCUT2D eigenvalue weighted by Gasteiger charge is 2.44. The van der Waals surface area contributed by atoms with Crippen LogP contribution in [-0.4, -0.2) is 84.9 Å². The number of alkyl halides is 2. The quantitative estimate of drug-likeness (QED) is 0.277. The second-order valence-electron chi connectivity index (χ2n) is 13.6. The van der Waals surface area contributed by atoms with E-state index >= 15 is 13.2 Å². The van der Waals surface area contributed by atoms with Gasteiger partial charge in [0.25, 0.3) is 5.91 Å². The van der Waals surface area contributed by atoms with Gasteiger partial charge in [0.2, 0.25) is 11.8 Å². The van der Waals surface area contributed by atoms with Crippen LogP contribution in [0.2, 0.25) is 0 Å². The number of piperazine rings is 1. The van der Waals surface area contributed by atoms with Crippen molar-refractivity contribution in [2.24, 2.45) is 5.92 Å². The van der Waals surface area contributed by atoms with Crippen LogP contribution in [0.5, 0.6) is 0 Å². The van der Waals surface area contributed by atoms with E-state index in [4.69, 9.17) is 5.26 Å². The highest BCUT2D eigenvalue weighted by molar-refractivity contribution is 5.98. The van der Waals surface area contributed by atoms with E-state index in [0.29, 0.717) is 44.6 Å². The Balaban J connectivity index is 1.32. The van der Waals surface area contributed by atoms with E-state index in [1.165, 1.54) is 24.3 Å².